The zero-order valence-corrected chi connectivity index (χ0v) is 14.3. The summed E-state index contributed by atoms with van der Waals surface area (Å²) in [4.78, 5) is 22.6. The molecular formula is C19H20N4O2. The maximum Gasteiger partial charge on any atom is 0.252 e. The molecule has 0 unspecified atom stereocenters. The van der Waals surface area contributed by atoms with Crippen LogP contribution < -0.4 is 15.0 Å². The molecule has 0 aliphatic carbocycles. The summed E-state index contributed by atoms with van der Waals surface area (Å²) in [6.45, 7) is 0.766. The highest BCUT2D eigenvalue weighted by atomic mass is 16.5. The molecule has 0 atom stereocenters. The lowest BCUT2D eigenvalue weighted by atomic mass is 10.2. The number of anilines is 1. The number of para-hydroxylation sites is 1. The summed E-state index contributed by atoms with van der Waals surface area (Å²) >= 11 is 0. The quantitative estimate of drug-likeness (QED) is 0.701. The molecule has 0 bridgehead atoms. The van der Waals surface area contributed by atoms with E-state index in [1.165, 1.54) is 0 Å². The Morgan fingerprint density at radius 1 is 1.12 bits per heavy atom. The Labute approximate surface area is 146 Å². The van der Waals surface area contributed by atoms with Crippen molar-refractivity contribution in [1.29, 1.82) is 0 Å². The van der Waals surface area contributed by atoms with E-state index in [1.807, 2.05) is 55.4 Å². The minimum atomic E-state index is -0.169. The fourth-order valence-electron chi connectivity index (χ4n) is 2.41. The van der Waals surface area contributed by atoms with Crippen LogP contribution in [0.25, 0.3) is 10.9 Å². The van der Waals surface area contributed by atoms with E-state index in [0.717, 1.165) is 16.7 Å². The van der Waals surface area contributed by atoms with E-state index in [-0.39, 0.29) is 5.91 Å². The van der Waals surface area contributed by atoms with Gasteiger partial charge in [0.25, 0.3) is 5.91 Å². The van der Waals surface area contributed by atoms with Crippen molar-refractivity contribution in [3.05, 3.63) is 60.4 Å². The average Bonchev–Trinajstić information content (AvgIpc) is 2.65. The van der Waals surface area contributed by atoms with E-state index < -0.39 is 0 Å². The van der Waals surface area contributed by atoms with E-state index in [2.05, 4.69) is 15.3 Å². The van der Waals surface area contributed by atoms with Gasteiger partial charge in [-0.2, -0.15) is 0 Å². The molecule has 6 heteroatoms. The number of aromatic nitrogens is 2. The summed E-state index contributed by atoms with van der Waals surface area (Å²) in [6.07, 6.45) is 3.31. The van der Waals surface area contributed by atoms with Gasteiger partial charge in [-0.3, -0.25) is 9.78 Å². The largest absolute Gasteiger partial charge is 0.489 e. The molecule has 0 saturated carbocycles. The van der Waals surface area contributed by atoms with Gasteiger partial charge < -0.3 is 15.0 Å². The van der Waals surface area contributed by atoms with Crippen LogP contribution in [-0.4, -0.2) is 43.1 Å². The Morgan fingerprint density at radius 3 is 2.72 bits per heavy atom. The first-order valence-corrected chi connectivity index (χ1v) is 8.03. The van der Waals surface area contributed by atoms with E-state index in [4.69, 9.17) is 4.74 Å². The number of fused-ring (bicyclic) bond motifs is 1. The molecule has 0 fully saturated rings. The third-order valence-electron chi connectivity index (χ3n) is 3.71. The molecule has 0 aliphatic heterocycles. The van der Waals surface area contributed by atoms with Crippen LogP contribution in [0.15, 0.2) is 54.9 Å². The smallest absolute Gasteiger partial charge is 0.252 e. The van der Waals surface area contributed by atoms with Gasteiger partial charge in [-0.15, -0.1) is 0 Å². The lowest BCUT2D eigenvalue weighted by Gasteiger charge is -2.12. The van der Waals surface area contributed by atoms with Crippen molar-refractivity contribution in [3.8, 4) is 5.75 Å². The third kappa shape index (κ3) is 4.03. The molecule has 0 aliphatic rings. The highest BCUT2D eigenvalue weighted by molar-refractivity contribution is 5.94. The molecule has 1 aromatic carbocycles. The predicted octanol–water partition coefficient (Wildman–Crippen LogP) is 2.50. The maximum absolute atomic E-state index is 12.1. The predicted molar refractivity (Wildman–Crippen MR) is 98.1 cm³/mol. The fourth-order valence-corrected chi connectivity index (χ4v) is 2.41. The lowest BCUT2D eigenvalue weighted by molar-refractivity contribution is 0.0947. The van der Waals surface area contributed by atoms with Crippen molar-refractivity contribution in [1.82, 2.24) is 15.3 Å². The van der Waals surface area contributed by atoms with E-state index in [0.29, 0.717) is 24.5 Å². The molecule has 1 N–H and O–H groups in total. The van der Waals surface area contributed by atoms with Gasteiger partial charge in [-0.05, 0) is 24.3 Å². The van der Waals surface area contributed by atoms with Gasteiger partial charge in [-0.1, -0.05) is 18.2 Å². The standard InChI is InChI=1S/C19H20N4O2/c1-23(2)17-9-8-15(13-22-17)19(24)21-11-12-25-16-7-3-5-14-6-4-10-20-18(14)16/h3-10,13H,11-12H2,1-2H3,(H,21,24). The van der Waals surface area contributed by atoms with Gasteiger partial charge in [0, 0.05) is 31.9 Å². The SMILES string of the molecule is CN(C)c1ccc(C(=O)NCCOc2cccc3cccnc23)cn1. The van der Waals surface area contributed by atoms with Crippen molar-refractivity contribution >= 4 is 22.6 Å². The summed E-state index contributed by atoms with van der Waals surface area (Å²) < 4.78 is 5.76. The Hall–Kier alpha value is -3.15. The Bertz CT molecular complexity index is 857. The minimum absolute atomic E-state index is 0.169. The Morgan fingerprint density at radius 2 is 1.96 bits per heavy atom. The van der Waals surface area contributed by atoms with Crippen molar-refractivity contribution < 1.29 is 9.53 Å². The number of hydrogen-bond acceptors (Lipinski definition) is 5. The second-order valence-electron chi connectivity index (χ2n) is 5.74. The number of pyridine rings is 2. The van der Waals surface area contributed by atoms with Crippen molar-refractivity contribution in [2.75, 3.05) is 32.1 Å². The van der Waals surface area contributed by atoms with Crippen LogP contribution in [0, 0.1) is 0 Å². The number of nitrogens with zero attached hydrogens (tertiary/aromatic N) is 3. The zero-order chi connectivity index (χ0) is 17.6. The number of amides is 1. The van der Waals surface area contributed by atoms with E-state index in [9.17, 15) is 4.79 Å². The molecule has 25 heavy (non-hydrogen) atoms. The highest BCUT2D eigenvalue weighted by Crippen LogP contribution is 2.22. The highest BCUT2D eigenvalue weighted by Gasteiger charge is 2.07. The van der Waals surface area contributed by atoms with Gasteiger partial charge in [0.2, 0.25) is 0 Å². The van der Waals surface area contributed by atoms with Gasteiger partial charge in [-0.25, -0.2) is 4.98 Å². The van der Waals surface area contributed by atoms with Crippen molar-refractivity contribution in [3.63, 3.8) is 0 Å². The first-order valence-electron chi connectivity index (χ1n) is 8.03. The summed E-state index contributed by atoms with van der Waals surface area (Å²) in [5.74, 6) is 1.35. The average molecular weight is 336 g/mol. The first-order chi connectivity index (χ1) is 12.1. The van der Waals surface area contributed by atoms with Crippen molar-refractivity contribution in [2.45, 2.75) is 0 Å². The number of carbonyl (C=O) groups is 1. The van der Waals surface area contributed by atoms with Gasteiger partial charge in [0.1, 0.15) is 23.7 Å². The van der Waals surface area contributed by atoms with Crippen LogP contribution in [0.3, 0.4) is 0 Å². The molecule has 0 spiro atoms. The van der Waals surface area contributed by atoms with E-state index >= 15 is 0 Å². The first kappa shape index (κ1) is 16.7. The Balaban J connectivity index is 1.53. The maximum atomic E-state index is 12.1. The fraction of sp³-hybridized carbons (Fsp3) is 0.211. The molecule has 3 aromatic rings. The monoisotopic (exact) mass is 336 g/mol. The topological polar surface area (TPSA) is 67.4 Å². The number of hydrogen-bond donors (Lipinski definition) is 1. The van der Waals surface area contributed by atoms with Crippen LogP contribution in [0.5, 0.6) is 5.75 Å². The van der Waals surface area contributed by atoms with Gasteiger partial charge >= 0.3 is 0 Å². The third-order valence-corrected chi connectivity index (χ3v) is 3.71. The van der Waals surface area contributed by atoms with Crippen LogP contribution in [-0.2, 0) is 0 Å². The van der Waals surface area contributed by atoms with Gasteiger partial charge in [0.15, 0.2) is 0 Å². The lowest BCUT2D eigenvalue weighted by Crippen LogP contribution is -2.28. The summed E-state index contributed by atoms with van der Waals surface area (Å²) in [5.41, 5.74) is 1.34. The van der Waals surface area contributed by atoms with Crippen LogP contribution >= 0.6 is 0 Å². The van der Waals surface area contributed by atoms with Crippen LogP contribution in [0.1, 0.15) is 10.4 Å². The molecule has 1 amide bonds. The zero-order valence-electron chi connectivity index (χ0n) is 14.3. The second-order valence-corrected chi connectivity index (χ2v) is 5.74. The number of ether oxygens (including phenoxy) is 1. The molecule has 6 nitrogen and oxygen atoms in total. The molecule has 2 aromatic heterocycles. The van der Waals surface area contributed by atoms with Gasteiger partial charge in [0.05, 0.1) is 12.1 Å². The molecule has 0 radical (unpaired) electrons. The number of nitrogens with one attached hydrogen (secondary N) is 1. The van der Waals surface area contributed by atoms with Crippen LogP contribution in [0.2, 0.25) is 0 Å². The number of carbonyl (C=O) groups excluding carboxylic acids is 1. The van der Waals surface area contributed by atoms with Crippen molar-refractivity contribution in [2.24, 2.45) is 0 Å². The Kier molecular flexibility index (Phi) is 5.09. The van der Waals surface area contributed by atoms with Crippen LogP contribution in [0.4, 0.5) is 5.82 Å². The summed E-state index contributed by atoms with van der Waals surface area (Å²) in [6, 6.07) is 13.2. The molecule has 0 saturated heterocycles. The summed E-state index contributed by atoms with van der Waals surface area (Å²) in [7, 11) is 3.81. The number of rotatable bonds is 6. The number of benzene rings is 1. The minimum Gasteiger partial charge on any atom is -0.489 e. The summed E-state index contributed by atoms with van der Waals surface area (Å²) in [5, 5.41) is 3.85. The molecular weight excluding hydrogens is 316 g/mol. The normalized spacial score (nSPS) is 10.5. The molecule has 2 heterocycles. The van der Waals surface area contributed by atoms with E-state index in [1.54, 1.807) is 18.5 Å². The molecule has 3 rings (SSSR count). The second kappa shape index (κ2) is 7.61. The molecule has 128 valence electrons.